The van der Waals surface area contributed by atoms with Gasteiger partial charge < -0.3 is 11.1 Å². The van der Waals surface area contributed by atoms with Gasteiger partial charge in [-0.3, -0.25) is 4.79 Å². The van der Waals surface area contributed by atoms with Crippen molar-refractivity contribution < 1.29 is 4.79 Å². The number of benzene rings is 1. The fourth-order valence-corrected chi connectivity index (χ4v) is 2.18. The highest BCUT2D eigenvalue weighted by Gasteiger charge is 2.13. The third-order valence-electron chi connectivity index (χ3n) is 3.15. The van der Waals surface area contributed by atoms with Gasteiger partial charge in [0.1, 0.15) is 11.6 Å². The van der Waals surface area contributed by atoms with E-state index in [1.807, 2.05) is 43.3 Å². The van der Waals surface area contributed by atoms with Crippen LogP contribution in [0.4, 0.5) is 11.6 Å². The Morgan fingerprint density at radius 3 is 2.68 bits per heavy atom. The number of amides is 1. The number of nitrogens with one attached hydrogen (secondary N) is 1. The molecular weight excluding hydrogens is 278 g/mol. The number of primary amides is 1. The lowest BCUT2D eigenvalue weighted by Gasteiger charge is -2.11. The lowest BCUT2D eigenvalue weighted by atomic mass is 10.2. The standard InChI is InChI=1S/C16H15N5O/c1-11-10-14(21(20-11)12-6-3-2-4-7-12)19-16-13(15(17)22)8-5-9-18-16/h2-10H,1H3,(H2,17,22)(H,18,19). The molecule has 0 aliphatic carbocycles. The first kappa shape index (κ1) is 13.8. The van der Waals surface area contributed by atoms with Crippen molar-refractivity contribution in [1.29, 1.82) is 0 Å². The molecule has 3 N–H and O–H groups in total. The molecule has 0 saturated heterocycles. The summed E-state index contributed by atoms with van der Waals surface area (Å²) in [6, 6.07) is 14.9. The first-order valence-corrected chi connectivity index (χ1v) is 6.79. The number of hydrogen-bond donors (Lipinski definition) is 2. The quantitative estimate of drug-likeness (QED) is 0.773. The van der Waals surface area contributed by atoms with E-state index in [0.717, 1.165) is 11.4 Å². The second-order valence-corrected chi connectivity index (χ2v) is 4.81. The van der Waals surface area contributed by atoms with E-state index in [-0.39, 0.29) is 0 Å². The number of aromatic nitrogens is 3. The van der Waals surface area contributed by atoms with Crippen LogP contribution in [-0.4, -0.2) is 20.7 Å². The van der Waals surface area contributed by atoms with E-state index in [4.69, 9.17) is 5.73 Å². The molecule has 3 rings (SSSR count). The van der Waals surface area contributed by atoms with Crippen molar-refractivity contribution in [2.24, 2.45) is 5.73 Å². The van der Waals surface area contributed by atoms with Gasteiger partial charge in [-0.1, -0.05) is 18.2 Å². The van der Waals surface area contributed by atoms with Gasteiger partial charge in [0.25, 0.3) is 5.91 Å². The molecule has 0 spiro atoms. The summed E-state index contributed by atoms with van der Waals surface area (Å²) in [6.07, 6.45) is 1.60. The average molecular weight is 293 g/mol. The first-order chi connectivity index (χ1) is 10.6. The SMILES string of the molecule is Cc1cc(Nc2ncccc2C(N)=O)n(-c2ccccc2)n1. The summed E-state index contributed by atoms with van der Waals surface area (Å²) >= 11 is 0. The molecule has 22 heavy (non-hydrogen) atoms. The summed E-state index contributed by atoms with van der Waals surface area (Å²) in [5.74, 6) is 0.593. The number of para-hydroxylation sites is 1. The number of nitrogens with two attached hydrogens (primary N) is 1. The van der Waals surface area contributed by atoms with Crippen LogP contribution < -0.4 is 11.1 Å². The Kier molecular flexibility index (Phi) is 3.57. The minimum Gasteiger partial charge on any atom is -0.365 e. The molecule has 2 heterocycles. The maximum Gasteiger partial charge on any atom is 0.252 e. The van der Waals surface area contributed by atoms with Crippen molar-refractivity contribution in [3.63, 3.8) is 0 Å². The van der Waals surface area contributed by atoms with Crippen molar-refractivity contribution in [3.05, 3.63) is 66.0 Å². The Morgan fingerprint density at radius 1 is 1.18 bits per heavy atom. The maximum atomic E-state index is 11.5. The molecular formula is C16H15N5O. The van der Waals surface area contributed by atoms with E-state index in [1.54, 1.807) is 23.0 Å². The number of anilines is 2. The average Bonchev–Trinajstić information content (AvgIpc) is 2.89. The molecule has 2 aromatic heterocycles. The van der Waals surface area contributed by atoms with Crippen LogP contribution >= 0.6 is 0 Å². The molecule has 6 heteroatoms. The zero-order valence-corrected chi connectivity index (χ0v) is 12.0. The monoisotopic (exact) mass is 293 g/mol. The summed E-state index contributed by atoms with van der Waals surface area (Å²) in [5, 5.41) is 7.59. The Morgan fingerprint density at radius 2 is 1.95 bits per heavy atom. The van der Waals surface area contributed by atoms with Crippen LogP contribution in [0.3, 0.4) is 0 Å². The summed E-state index contributed by atoms with van der Waals surface area (Å²) in [4.78, 5) is 15.7. The molecule has 0 unspecified atom stereocenters. The number of carbonyl (C=O) groups is 1. The van der Waals surface area contributed by atoms with Gasteiger partial charge in [0.15, 0.2) is 0 Å². The van der Waals surface area contributed by atoms with Crippen LogP contribution in [0.5, 0.6) is 0 Å². The van der Waals surface area contributed by atoms with Crippen molar-refractivity contribution in [3.8, 4) is 5.69 Å². The van der Waals surface area contributed by atoms with Gasteiger partial charge in [0, 0.05) is 12.3 Å². The van der Waals surface area contributed by atoms with Gasteiger partial charge in [-0.2, -0.15) is 5.10 Å². The molecule has 0 aliphatic rings. The second kappa shape index (κ2) is 5.69. The van der Waals surface area contributed by atoms with Gasteiger partial charge in [-0.05, 0) is 31.2 Å². The van der Waals surface area contributed by atoms with Crippen LogP contribution in [0.25, 0.3) is 5.69 Å². The molecule has 3 aromatic rings. The van der Waals surface area contributed by atoms with Gasteiger partial charge in [0.2, 0.25) is 0 Å². The van der Waals surface area contributed by atoms with Gasteiger partial charge in [0.05, 0.1) is 16.9 Å². The molecule has 0 radical (unpaired) electrons. The third-order valence-corrected chi connectivity index (χ3v) is 3.15. The van der Waals surface area contributed by atoms with Crippen molar-refractivity contribution in [2.75, 3.05) is 5.32 Å². The number of pyridine rings is 1. The zero-order valence-electron chi connectivity index (χ0n) is 12.0. The highest BCUT2D eigenvalue weighted by molar-refractivity contribution is 5.98. The van der Waals surface area contributed by atoms with Crippen LogP contribution in [-0.2, 0) is 0 Å². The molecule has 110 valence electrons. The van der Waals surface area contributed by atoms with E-state index in [1.165, 1.54) is 0 Å². The maximum absolute atomic E-state index is 11.5. The summed E-state index contributed by atoms with van der Waals surface area (Å²) in [5.41, 5.74) is 7.48. The van der Waals surface area contributed by atoms with Crippen molar-refractivity contribution in [2.45, 2.75) is 6.92 Å². The van der Waals surface area contributed by atoms with Crippen LogP contribution in [0.2, 0.25) is 0 Å². The number of carbonyl (C=O) groups excluding carboxylic acids is 1. The fourth-order valence-electron chi connectivity index (χ4n) is 2.18. The normalized spacial score (nSPS) is 10.4. The van der Waals surface area contributed by atoms with Crippen molar-refractivity contribution in [1.82, 2.24) is 14.8 Å². The summed E-state index contributed by atoms with van der Waals surface area (Å²) in [7, 11) is 0. The molecule has 6 nitrogen and oxygen atoms in total. The minimum atomic E-state index is -0.530. The van der Waals surface area contributed by atoms with E-state index in [2.05, 4.69) is 15.4 Å². The summed E-state index contributed by atoms with van der Waals surface area (Å²) < 4.78 is 1.76. The number of nitrogens with zero attached hydrogens (tertiary/aromatic N) is 3. The Labute approximate surface area is 127 Å². The number of rotatable bonds is 4. The lowest BCUT2D eigenvalue weighted by molar-refractivity contribution is 0.100. The predicted molar refractivity (Wildman–Crippen MR) is 84.3 cm³/mol. The first-order valence-electron chi connectivity index (χ1n) is 6.79. The van der Waals surface area contributed by atoms with Crippen LogP contribution in [0.1, 0.15) is 16.1 Å². The molecule has 1 amide bonds. The number of aryl methyl sites for hydroxylation is 1. The van der Waals surface area contributed by atoms with Gasteiger partial charge in [-0.15, -0.1) is 0 Å². The van der Waals surface area contributed by atoms with E-state index in [0.29, 0.717) is 17.2 Å². The fraction of sp³-hybridized carbons (Fsp3) is 0.0625. The molecule has 0 aliphatic heterocycles. The topological polar surface area (TPSA) is 85.8 Å². The second-order valence-electron chi connectivity index (χ2n) is 4.81. The van der Waals surface area contributed by atoms with Gasteiger partial charge in [-0.25, -0.2) is 9.67 Å². The summed E-state index contributed by atoms with van der Waals surface area (Å²) in [6.45, 7) is 1.90. The third kappa shape index (κ3) is 2.67. The van der Waals surface area contributed by atoms with E-state index in [9.17, 15) is 4.79 Å². The number of hydrogen-bond acceptors (Lipinski definition) is 4. The van der Waals surface area contributed by atoms with Gasteiger partial charge >= 0.3 is 0 Å². The van der Waals surface area contributed by atoms with Crippen LogP contribution in [0, 0.1) is 6.92 Å². The Hall–Kier alpha value is -3.15. The lowest BCUT2D eigenvalue weighted by Crippen LogP contribution is -2.14. The zero-order chi connectivity index (χ0) is 15.5. The highest BCUT2D eigenvalue weighted by Crippen LogP contribution is 2.22. The molecule has 0 atom stereocenters. The molecule has 0 saturated carbocycles. The molecule has 0 bridgehead atoms. The smallest absolute Gasteiger partial charge is 0.252 e. The molecule has 1 aromatic carbocycles. The van der Waals surface area contributed by atoms with Crippen molar-refractivity contribution >= 4 is 17.5 Å². The van der Waals surface area contributed by atoms with E-state index >= 15 is 0 Å². The Bertz CT molecular complexity index is 810. The highest BCUT2D eigenvalue weighted by atomic mass is 16.1. The predicted octanol–water partition coefficient (Wildman–Crippen LogP) is 2.42. The molecule has 0 fully saturated rings. The Balaban J connectivity index is 2.03. The largest absolute Gasteiger partial charge is 0.365 e. The van der Waals surface area contributed by atoms with Crippen LogP contribution in [0.15, 0.2) is 54.7 Å². The van der Waals surface area contributed by atoms with E-state index < -0.39 is 5.91 Å². The minimum absolute atomic E-state index is 0.334.